The third kappa shape index (κ3) is 8.38. The van der Waals surface area contributed by atoms with Crippen LogP contribution in [0.25, 0.3) is 11.1 Å². The molecule has 216 valence electrons. The van der Waals surface area contributed by atoms with Crippen LogP contribution < -0.4 is 29.6 Å². The van der Waals surface area contributed by atoms with Crippen LogP contribution >= 0.6 is 0 Å². The predicted octanol–water partition coefficient (Wildman–Crippen LogP) is 5.87. The predicted molar refractivity (Wildman–Crippen MR) is 158 cm³/mol. The molecule has 0 saturated carbocycles. The zero-order chi connectivity index (χ0) is 29.0. The monoisotopic (exact) mass is 557 g/mol. The van der Waals surface area contributed by atoms with E-state index in [0.29, 0.717) is 45.9 Å². The van der Waals surface area contributed by atoms with E-state index in [9.17, 15) is 4.79 Å². The van der Waals surface area contributed by atoms with Gasteiger partial charge in [0.2, 0.25) is 5.91 Å². The van der Waals surface area contributed by atoms with Crippen molar-refractivity contribution in [2.75, 3.05) is 32.9 Å². The van der Waals surface area contributed by atoms with Crippen molar-refractivity contribution in [3.63, 3.8) is 0 Å². The first-order valence-corrected chi connectivity index (χ1v) is 14.2. The van der Waals surface area contributed by atoms with Crippen molar-refractivity contribution in [1.82, 2.24) is 10.6 Å². The largest absolute Gasteiger partial charge is 0.493 e. The van der Waals surface area contributed by atoms with Gasteiger partial charge in [0.15, 0.2) is 11.5 Å². The lowest BCUT2D eigenvalue weighted by atomic mass is 9.96. The Bertz CT molecular complexity index is 1370. The van der Waals surface area contributed by atoms with E-state index >= 15 is 0 Å². The second kappa shape index (κ2) is 15.0. The van der Waals surface area contributed by atoms with Gasteiger partial charge in [0.25, 0.3) is 0 Å². The van der Waals surface area contributed by atoms with Crippen LogP contribution in [0.3, 0.4) is 0 Å². The van der Waals surface area contributed by atoms with Gasteiger partial charge in [-0.15, -0.1) is 0 Å². The fourth-order valence-corrected chi connectivity index (χ4v) is 4.74. The quantitative estimate of drug-likeness (QED) is 0.239. The van der Waals surface area contributed by atoms with Gasteiger partial charge >= 0.3 is 0 Å². The van der Waals surface area contributed by atoms with Gasteiger partial charge in [0.1, 0.15) is 31.3 Å². The molecule has 0 aromatic heterocycles. The first-order valence-electron chi connectivity index (χ1n) is 14.2. The zero-order valence-electron chi connectivity index (χ0n) is 24.1. The molecule has 3 aromatic carbocycles. The second-order valence-electron chi connectivity index (χ2n) is 10.1. The molecule has 2 N–H and O–H groups in total. The number of hydrogen-bond acceptors (Lipinski definition) is 7. The first kappa shape index (κ1) is 29.8. The number of hydrogen-bond donors (Lipinski definition) is 2. The van der Waals surface area contributed by atoms with Gasteiger partial charge in [-0.05, 0) is 67.1 Å². The van der Waals surface area contributed by atoms with Crippen molar-refractivity contribution in [1.29, 1.82) is 5.26 Å². The molecule has 0 fully saturated rings. The number of ether oxygens (including phenoxy) is 4. The van der Waals surface area contributed by atoms with Crippen molar-refractivity contribution in [3.05, 3.63) is 71.3 Å². The van der Waals surface area contributed by atoms with Crippen molar-refractivity contribution < 1.29 is 23.7 Å². The second-order valence-corrected chi connectivity index (χ2v) is 10.1. The minimum absolute atomic E-state index is 0.0110. The summed E-state index contributed by atoms with van der Waals surface area (Å²) in [5.41, 5.74) is 5.45. The highest BCUT2D eigenvalue weighted by Crippen LogP contribution is 2.36. The Kier molecular flexibility index (Phi) is 10.9. The van der Waals surface area contributed by atoms with Gasteiger partial charge < -0.3 is 29.6 Å². The summed E-state index contributed by atoms with van der Waals surface area (Å²) in [5, 5.41) is 15.1. The molecule has 1 unspecified atom stereocenters. The van der Waals surface area contributed by atoms with E-state index in [1.54, 1.807) is 0 Å². The van der Waals surface area contributed by atoms with E-state index < -0.39 is 0 Å². The molecule has 0 aliphatic carbocycles. The summed E-state index contributed by atoms with van der Waals surface area (Å²) in [6.07, 6.45) is 2.12. The average molecular weight is 558 g/mol. The summed E-state index contributed by atoms with van der Waals surface area (Å²) >= 11 is 0. The molecular formula is C33H39N3O5. The minimum atomic E-state index is -0.0468. The highest BCUT2D eigenvalue weighted by molar-refractivity contribution is 5.72. The Balaban J connectivity index is 1.46. The Morgan fingerprint density at radius 3 is 2.66 bits per heavy atom. The van der Waals surface area contributed by atoms with Crippen LogP contribution in [-0.2, 0) is 11.4 Å². The van der Waals surface area contributed by atoms with Gasteiger partial charge in [-0.2, -0.15) is 5.26 Å². The van der Waals surface area contributed by atoms with Crippen LogP contribution in [0, 0.1) is 18.3 Å². The normalized spacial score (nSPS) is 12.7. The standard InChI is InChI=1S/C33H39N3O5/c1-23-27(8-7-9-29(23)26-10-13-31-33(20-26)40-19-18-39-31)22-41-28-11-12-30(24(2)35-15-16-36-25(3)37)32(21-28)38-17-6-4-5-14-34/h7-13,20-21,24,35H,4-6,15-19,22H2,1-3H3,(H,36,37). The zero-order valence-corrected chi connectivity index (χ0v) is 24.1. The fraction of sp³-hybridized carbons (Fsp3) is 0.394. The Morgan fingerprint density at radius 2 is 1.85 bits per heavy atom. The Labute approximate surface area is 242 Å². The molecule has 1 amide bonds. The lowest BCUT2D eigenvalue weighted by Gasteiger charge is -2.20. The molecule has 0 bridgehead atoms. The number of benzene rings is 3. The number of amides is 1. The number of rotatable bonds is 14. The van der Waals surface area contributed by atoms with E-state index in [2.05, 4.69) is 48.7 Å². The van der Waals surface area contributed by atoms with Gasteiger partial charge in [-0.1, -0.05) is 30.3 Å². The number of carbonyl (C=O) groups excluding carboxylic acids is 1. The molecule has 1 aliphatic rings. The highest BCUT2D eigenvalue weighted by Gasteiger charge is 2.16. The van der Waals surface area contributed by atoms with Crippen LogP contribution in [-0.4, -0.2) is 38.8 Å². The Hall–Kier alpha value is -4.22. The van der Waals surface area contributed by atoms with Crippen molar-refractivity contribution in [2.45, 2.75) is 52.7 Å². The molecule has 1 heterocycles. The summed E-state index contributed by atoms with van der Waals surface area (Å²) in [6.45, 7) is 8.94. The molecule has 8 nitrogen and oxygen atoms in total. The number of unbranched alkanes of at least 4 members (excludes halogenated alkanes) is 2. The van der Waals surface area contributed by atoms with E-state index in [1.807, 2.05) is 36.4 Å². The SMILES string of the molecule is CC(=O)NCCNC(C)c1ccc(OCc2cccc(-c3ccc4c(c3)OCCO4)c2C)cc1OCCCCC#N. The van der Waals surface area contributed by atoms with Gasteiger partial charge in [0.05, 0.1) is 12.7 Å². The third-order valence-corrected chi connectivity index (χ3v) is 7.03. The molecule has 3 aromatic rings. The smallest absolute Gasteiger partial charge is 0.216 e. The van der Waals surface area contributed by atoms with Gasteiger partial charge in [-0.25, -0.2) is 0 Å². The lowest BCUT2D eigenvalue weighted by molar-refractivity contribution is -0.118. The van der Waals surface area contributed by atoms with Gasteiger partial charge in [0, 0.05) is 44.1 Å². The number of nitrogens with one attached hydrogen (secondary N) is 2. The van der Waals surface area contributed by atoms with Crippen LogP contribution in [0.2, 0.25) is 0 Å². The molecular weight excluding hydrogens is 518 g/mol. The van der Waals surface area contributed by atoms with Crippen molar-refractivity contribution in [3.8, 4) is 40.2 Å². The molecule has 8 heteroatoms. The molecule has 41 heavy (non-hydrogen) atoms. The molecule has 1 aliphatic heterocycles. The lowest BCUT2D eigenvalue weighted by Crippen LogP contribution is -2.31. The molecule has 0 saturated heterocycles. The van der Waals surface area contributed by atoms with Crippen LogP contribution in [0.5, 0.6) is 23.0 Å². The number of fused-ring (bicyclic) bond motifs is 1. The van der Waals surface area contributed by atoms with Crippen LogP contribution in [0.4, 0.5) is 0 Å². The number of carbonyl (C=O) groups is 1. The topological polar surface area (TPSA) is 102 Å². The maximum atomic E-state index is 11.2. The van der Waals surface area contributed by atoms with Crippen LogP contribution in [0.15, 0.2) is 54.6 Å². The van der Waals surface area contributed by atoms with E-state index in [-0.39, 0.29) is 11.9 Å². The average Bonchev–Trinajstić information content (AvgIpc) is 2.98. The minimum Gasteiger partial charge on any atom is -0.493 e. The van der Waals surface area contributed by atoms with E-state index in [0.717, 1.165) is 63.7 Å². The van der Waals surface area contributed by atoms with Crippen LogP contribution in [0.1, 0.15) is 55.8 Å². The van der Waals surface area contributed by atoms with Crippen molar-refractivity contribution >= 4 is 5.91 Å². The molecule has 1 atom stereocenters. The molecule has 0 spiro atoms. The molecule has 4 rings (SSSR count). The third-order valence-electron chi connectivity index (χ3n) is 7.03. The maximum absolute atomic E-state index is 11.2. The maximum Gasteiger partial charge on any atom is 0.216 e. The van der Waals surface area contributed by atoms with E-state index in [1.165, 1.54) is 6.92 Å². The summed E-state index contributed by atoms with van der Waals surface area (Å²) < 4.78 is 23.9. The van der Waals surface area contributed by atoms with Crippen molar-refractivity contribution in [2.24, 2.45) is 0 Å². The Morgan fingerprint density at radius 1 is 1.02 bits per heavy atom. The first-order chi connectivity index (χ1) is 20.0. The summed E-state index contributed by atoms with van der Waals surface area (Å²) in [4.78, 5) is 11.2. The molecule has 0 radical (unpaired) electrons. The summed E-state index contributed by atoms with van der Waals surface area (Å²) in [5.74, 6) is 2.97. The number of nitrogens with zero attached hydrogens (tertiary/aromatic N) is 1. The fourth-order valence-electron chi connectivity index (χ4n) is 4.74. The summed E-state index contributed by atoms with van der Waals surface area (Å²) in [7, 11) is 0. The summed E-state index contributed by atoms with van der Waals surface area (Å²) in [6, 6.07) is 20.4. The van der Waals surface area contributed by atoms with Gasteiger partial charge in [-0.3, -0.25) is 4.79 Å². The number of nitriles is 1. The highest BCUT2D eigenvalue weighted by atomic mass is 16.6. The van der Waals surface area contributed by atoms with E-state index in [4.69, 9.17) is 24.2 Å².